The minimum absolute atomic E-state index is 0.0619. The van der Waals surface area contributed by atoms with Gasteiger partial charge >= 0.3 is 0 Å². The van der Waals surface area contributed by atoms with E-state index in [9.17, 15) is 8.78 Å². The van der Waals surface area contributed by atoms with Crippen LogP contribution in [0.25, 0.3) is 0 Å². The van der Waals surface area contributed by atoms with Crippen molar-refractivity contribution in [2.75, 3.05) is 18.1 Å². The molecule has 1 heterocycles. The van der Waals surface area contributed by atoms with Gasteiger partial charge in [0.15, 0.2) is 0 Å². The van der Waals surface area contributed by atoms with E-state index in [2.05, 4.69) is 5.32 Å². The SMILES string of the molecule is Fc1ccc(F)c(C2CSCCCN2)c1. The maximum atomic E-state index is 13.5. The first-order valence-electron chi connectivity index (χ1n) is 5.03. The fraction of sp³-hybridized carbons (Fsp3) is 0.455. The third kappa shape index (κ3) is 2.69. The minimum atomic E-state index is -0.373. The normalized spacial score (nSPS) is 22.4. The predicted octanol–water partition coefficient (Wildman–Crippen LogP) is 2.73. The van der Waals surface area contributed by atoms with Crippen molar-refractivity contribution in [1.82, 2.24) is 5.32 Å². The molecule has 0 bridgehead atoms. The molecule has 1 saturated heterocycles. The topological polar surface area (TPSA) is 12.0 Å². The smallest absolute Gasteiger partial charge is 0.128 e. The van der Waals surface area contributed by atoms with E-state index in [-0.39, 0.29) is 17.7 Å². The summed E-state index contributed by atoms with van der Waals surface area (Å²) in [6.45, 7) is 0.869. The largest absolute Gasteiger partial charge is 0.309 e. The van der Waals surface area contributed by atoms with Crippen LogP contribution in [0.15, 0.2) is 18.2 Å². The van der Waals surface area contributed by atoms with Gasteiger partial charge in [-0.1, -0.05) is 0 Å². The second-order valence-electron chi connectivity index (χ2n) is 3.60. The lowest BCUT2D eigenvalue weighted by molar-refractivity contribution is 0.528. The molecular formula is C11H13F2NS. The molecule has 1 aliphatic rings. The molecule has 1 nitrogen and oxygen atoms in total. The summed E-state index contributed by atoms with van der Waals surface area (Å²) in [5.74, 6) is 1.19. The van der Waals surface area contributed by atoms with Crippen LogP contribution >= 0.6 is 11.8 Å². The van der Waals surface area contributed by atoms with Crippen LogP contribution in [0.5, 0.6) is 0 Å². The van der Waals surface area contributed by atoms with Gasteiger partial charge in [0.05, 0.1) is 0 Å². The Kier molecular flexibility index (Phi) is 3.59. The lowest BCUT2D eigenvalue weighted by Crippen LogP contribution is -2.23. The average molecular weight is 229 g/mol. The maximum absolute atomic E-state index is 13.5. The summed E-state index contributed by atoms with van der Waals surface area (Å²) in [7, 11) is 0. The van der Waals surface area contributed by atoms with Crippen molar-refractivity contribution in [3.8, 4) is 0 Å². The Labute approximate surface area is 92.3 Å². The van der Waals surface area contributed by atoms with E-state index in [0.29, 0.717) is 5.56 Å². The fourth-order valence-electron chi connectivity index (χ4n) is 1.69. The van der Waals surface area contributed by atoms with Gasteiger partial charge in [0.2, 0.25) is 0 Å². The molecule has 1 unspecified atom stereocenters. The third-order valence-electron chi connectivity index (χ3n) is 2.47. The molecule has 4 heteroatoms. The molecule has 0 saturated carbocycles. The van der Waals surface area contributed by atoms with Crippen molar-refractivity contribution >= 4 is 11.8 Å². The number of benzene rings is 1. The zero-order chi connectivity index (χ0) is 10.7. The van der Waals surface area contributed by atoms with Gasteiger partial charge in [0, 0.05) is 17.4 Å². The van der Waals surface area contributed by atoms with Gasteiger partial charge < -0.3 is 5.32 Å². The van der Waals surface area contributed by atoms with E-state index < -0.39 is 0 Å². The van der Waals surface area contributed by atoms with Gasteiger partial charge in [0.1, 0.15) is 11.6 Å². The zero-order valence-corrected chi connectivity index (χ0v) is 9.12. The summed E-state index contributed by atoms with van der Waals surface area (Å²) in [4.78, 5) is 0. The summed E-state index contributed by atoms with van der Waals surface area (Å²) in [5, 5.41) is 3.24. The molecule has 0 amide bonds. The highest BCUT2D eigenvalue weighted by molar-refractivity contribution is 7.99. The lowest BCUT2D eigenvalue weighted by atomic mass is 10.1. The molecule has 0 aromatic heterocycles. The number of thioether (sulfide) groups is 1. The maximum Gasteiger partial charge on any atom is 0.128 e. The molecule has 1 aromatic carbocycles. The van der Waals surface area contributed by atoms with Gasteiger partial charge in [-0.3, -0.25) is 0 Å². The lowest BCUT2D eigenvalue weighted by Gasteiger charge is -2.16. The molecule has 15 heavy (non-hydrogen) atoms. The van der Waals surface area contributed by atoms with Crippen LogP contribution in [0.4, 0.5) is 8.78 Å². The Morgan fingerprint density at radius 3 is 3.07 bits per heavy atom. The van der Waals surface area contributed by atoms with Crippen LogP contribution < -0.4 is 5.32 Å². The summed E-state index contributed by atoms with van der Waals surface area (Å²) in [6, 6.07) is 3.58. The predicted molar refractivity (Wildman–Crippen MR) is 59.0 cm³/mol. The molecular weight excluding hydrogens is 216 g/mol. The first-order valence-corrected chi connectivity index (χ1v) is 6.19. The summed E-state index contributed by atoms with van der Waals surface area (Å²) in [5.41, 5.74) is 0.449. The van der Waals surface area contributed by atoms with Crippen LogP contribution in [-0.2, 0) is 0 Å². The minimum Gasteiger partial charge on any atom is -0.309 e. The van der Waals surface area contributed by atoms with E-state index in [1.807, 2.05) is 0 Å². The number of rotatable bonds is 1. The Bertz CT molecular complexity index is 335. The monoisotopic (exact) mass is 229 g/mol. The zero-order valence-electron chi connectivity index (χ0n) is 8.30. The molecule has 0 aliphatic carbocycles. The quantitative estimate of drug-likeness (QED) is 0.794. The van der Waals surface area contributed by atoms with Crippen LogP contribution in [0.2, 0.25) is 0 Å². The van der Waals surface area contributed by atoms with Gasteiger partial charge in [-0.05, 0) is 36.9 Å². The van der Waals surface area contributed by atoms with Crippen molar-refractivity contribution in [3.63, 3.8) is 0 Å². The van der Waals surface area contributed by atoms with E-state index in [0.717, 1.165) is 30.5 Å². The van der Waals surface area contributed by atoms with Crippen LogP contribution in [-0.4, -0.2) is 18.1 Å². The van der Waals surface area contributed by atoms with E-state index in [1.54, 1.807) is 11.8 Å². The Balaban J connectivity index is 2.22. The molecule has 82 valence electrons. The van der Waals surface area contributed by atoms with E-state index in [4.69, 9.17) is 0 Å². The van der Waals surface area contributed by atoms with Crippen molar-refractivity contribution < 1.29 is 8.78 Å². The number of halogens is 2. The van der Waals surface area contributed by atoms with Gasteiger partial charge in [-0.15, -0.1) is 0 Å². The van der Waals surface area contributed by atoms with Crippen molar-refractivity contribution in [3.05, 3.63) is 35.4 Å². The molecule has 0 spiro atoms. The fourth-order valence-corrected chi connectivity index (χ4v) is 2.74. The molecule has 1 atom stereocenters. The van der Waals surface area contributed by atoms with E-state index in [1.165, 1.54) is 12.1 Å². The average Bonchev–Trinajstić information content (AvgIpc) is 2.50. The molecule has 1 aromatic rings. The number of hydrogen-bond donors (Lipinski definition) is 1. The third-order valence-corrected chi connectivity index (χ3v) is 3.62. The number of nitrogens with one attached hydrogen (secondary N) is 1. The van der Waals surface area contributed by atoms with Crippen LogP contribution in [0.1, 0.15) is 18.0 Å². The molecule has 1 N–H and O–H groups in total. The van der Waals surface area contributed by atoms with Crippen molar-refractivity contribution in [2.45, 2.75) is 12.5 Å². The van der Waals surface area contributed by atoms with Crippen LogP contribution in [0.3, 0.4) is 0 Å². The first kappa shape index (κ1) is 10.9. The van der Waals surface area contributed by atoms with Crippen LogP contribution in [0, 0.1) is 11.6 Å². The second-order valence-corrected chi connectivity index (χ2v) is 4.75. The first-order chi connectivity index (χ1) is 7.27. The highest BCUT2D eigenvalue weighted by Gasteiger charge is 2.17. The highest BCUT2D eigenvalue weighted by atomic mass is 32.2. The Hall–Kier alpha value is -0.610. The molecule has 1 aliphatic heterocycles. The standard InChI is InChI=1S/C11H13F2NS/c12-8-2-3-10(13)9(6-8)11-7-15-5-1-4-14-11/h2-3,6,11,14H,1,4-5,7H2. The molecule has 2 rings (SSSR count). The van der Waals surface area contributed by atoms with Gasteiger partial charge in [-0.25, -0.2) is 8.78 Å². The van der Waals surface area contributed by atoms with Gasteiger partial charge in [-0.2, -0.15) is 11.8 Å². The van der Waals surface area contributed by atoms with Gasteiger partial charge in [0.25, 0.3) is 0 Å². The number of hydrogen-bond acceptors (Lipinski definition) is 2. The Morgan fingerprint density at radius 1 is 1.33 bits per heavy atom. The van der Waals surface area contributed by atoms with E-state index >= 15 is 0 Å². The Morgan fingerprint density at radius 2 is 2.20 bits per heavy atom. The summed E-state index contributed by atoms with van der Waals surface area (Å²) < 4.78 is 26.5. The summed E-state index contributed by atoms with van der Waals surface area (Å²) in [6.07, 6.45) is 1.08. The van der Waals surface area contributed by atoms with Crippen molar-refractivity contribution in [2.24, 2.45) is 0 Å². The summed E-state index contributed by atoms with van der Waals surface area (Å²) >= 11 is 1.78. The molecule has 0 radical (unpaired) electrons. The molecule has 1 fully saturated rings. The highest BCUT2D eigenvalue weighted by Crippen LogP contribution is 2.24. The van der Waals surface area contributed by atoms with Crippen molar-refractivity contribution in [1.29, 1.82) is 0 Å². The second kappa shape index (κ2) is 4.94.